The molecule has 0 N–H and O–H groups in total. The number of benzene rings is 2. The summed E-state index contributed by atoms with van der Waals surface area (Å²) in [4.78, 5) is 29.8. The van der Waals surface area contributed by atoms with Crippen molar-refractivity contribution in [1.29, 1.82) is 0 Å². The van der Waals surface area contributed by atoms with E-state index >= 15 is 4.39 Å². The van der Waals surface area contributed by atoms with Crippen LogP contribution in [-0.2, 0) is 21.1 Å². The highest BCUT2D eigenvalue weighted by Gasteiger charge is 2.22. The molecule has 0 saturated carbocycles. The Hall–Kier alpha value is -2.88. The third-order valence-electron chi connectivity index (χ3n) is 5.05. The lowest BCUT2D eigenvalue weighted by molar-refractivity contribution is -0.116. The molecule has 0 unspecified atom stereocenters. The Morgan fingerprint density at radius 2 is 1.88 bits per heavy atom. The van der Waals surface area contributed by atoms with Crippen LogP contribution in [0, 0.1) is 19.7 Å². The van der Waals surface area contributed by atoms with Crippen LogP contribution in [0.15, 0.2) is 57.5 Å². The van der Waals surface area contributed by atoms with Gasteiger partial charge in [0.2, 0.25) is 0 Å². The van der Waals surface area contributed by atoms with Gasteiger partial charge >= 0.3 is 0 Å². The second-order valence-corrected chi connectivity index (χ2v) is 11.6. The Morgan fingerprint density at radius 1 is 1.12 bits per heavy atom. The summed E-state index contributed by atoms with van der Waals surface area (Å²) in [5.74, 6) is -1.69. The third-order valence-corrected chi connectivity index (χ3v) is 8.54. The molecule has 0 atom stereocenters. The minimum absolute atomic E-state index is 0.00505. The Kier molecular flexibility index (Phi) is 6.22. The molecule has 0 saturated heterocycles. The predicted molar refractivity (Wildman–Crippen MR) is 127 cm³/mol. The van der Waals surface area contributed by atoms with E-state index in [1.165, 1.54) is 28.8 Å². The zero-order valence-corrected chi connectivity index (χ0v) is 20.0. The minimum atomic E-state index is -3.82. The number of ketones is 1. The van der Waals surface area contributed by atoms with E-state index in [1.807, 2.05) is 13.0 Å². The summed E-state index contributed by atoms with van der Waals surface area (Å²) in [5.41, 5.74) is 1.31. The number of aryl methyl sites for hydroxylation is 2. The van der Waals surface area contributed by atoms with Crippen LogP contribution in [-0.4, -0.2) is 29.5 Å². The van der Waals surface area contributed by atoms with Crippen molar-refractivity contribution in [1.82, 2.24) is 9.55 Å². The van der Waals surface area contributed by atoms with Gasteiger partial charge in [0, 0.05) is 6.42 Å². The van der Waals surface area contributed by atoms with E-state index in [9.17, 15) is 18.0 Å². The van der Waals surface area contributed by atoms with Gasteiger partial charge in [-0.1, -0.05) is 29.3 Å². The van der Waals surface area contributed by atoms with Crippen LogP contribution < -0.4 is 5.56 Å². The van der Waals surface area contributed by atoms with Crippen molar-refractivity contribution < 1.29 is 17.6 Å². The molecule has 0 bridgehead atoms. The number of fused-ring (bicyclic) bond motifs is 1. The molecule has 0 radical (unpaired) electrons. The van der Waals surface area contributed by atoms with Gasteiger partial charge in [0.15, 0.2) is 15.6 Å². The minimum Gasteiger partial charge on any atom is -0.298 e. The fraction of sp³-hybridized carbons (Fsp3) is 0.174. The lowest BCUT2D eigenvalue weighted by Crippen LogP contribution is -2.23. The Morgan fingerprint density at radius 3 is 2.55 bits per heavy atom. The molecule has 0 aliphatic heterocycles. The Balaban J connectivity index is 1.62. The van der Waals surface area contributed by atoms with Gasteiger partial charge in [-0.05, 0) is 55.8 Å². The number of nitrogens with zero attached hydrogens (tertiary/aromatic N) is 2. The summed E-state index contributed by atoms with van der Waals surface area (Å²) in [6.45, 7) is 3.46. The molecule has 4 aromatic rings. The topological polar surface area (TPSA) is 86.1 Å². The quantitative estimate of drug-likeness (QED) is 0.387. The van der Waals surface area contributed by atoms with Crippen LogP contribution in [0.5, 0.6) is 0 Å². The standard InChI is InChI=1S/C23H18ClFN2O4S2/c1-13-3-5-19-17(9-13)23(29)27(14(2)26-19)20-6-4-15(11-18(20)25)10-16(28)12-33(30,31)22-8-7-21(24)32-22/h3-9,11H,10,12H2,1-2H3. The molecule has 4 rings (SSSR count). The summed E-state index contributed by atoms with van der Waals surface area (Å²) in [5, 5.41) is 0.373. The average molecular weight is 505 g/mol. The summed E-state index contributed by atoms with van der Waals surface area (Å²) >= 11 is 6.65. The number of carbonyl (C=O) groups is 1. The van der Waals surface area contributed by atoms with Gasteiger partial charge in [-0.2, -0.15) is 0 Å². The maximum absolute atomic E-state index is 15.0. The average Bonchev–Trinajstić information content (AvgIpc) is 3.17. The van der Waals surface area contributed by atoms with Crippen LogP contribution >= 0.6 is 22.9 Å². The number of carbonyl (C=O) groups excluding carboxylic acids is 1. The molecule has 0 spiro atoms. The molecule has 2 heterocycles. The van der Waals surface area contributed by atoms with E-state index in [0.717, 1.165) is 23.0 Å². The Labute approximate surface area is 198 Å². The number of hydrogen-bond acceptors (Lipinski definition) is 6. The summed E-state index contributed by atoms with van der Waals surface area (Å²) < 4.78 is 41.2. The number of hydrogen-bond donors (Lipinski definition) is 0. The van der Waals surface area contributed by atoms with Gasteiger partial charge in [-0.15, -0.1) is 11.3 Å². The largest absolute Gasteiger partial charge is 0.298 e. The van der Waals surface area contributed by atoms with E-state index < -0.39 is 32.7 Å². The molecule has 0 amide bonds. The molecule has 170 valence electrons. The molecule has 2 aromatic carbocycles. The van der Waals surface area contributed by atoms with Gasteiger partial charge < -0.3 is 0 Å². The van der Waals surface area contributed by atoms with Crippen molar-refractivity contribution in [2.24, 2.45) is 0 Å². The summed E-state index contributed by atoms with van der Waals surface area (Å²) in [6.07, 6.45) is -0.265. The second kappa shape index (κ2) is 8.81. The number of thiophene rings is 1. The third kappa shape index (κ3) is 4.75. The number of Topliss-reactive ketones (excluding diaryl/α,β-unsaturated/α-hetero) is 1. The number of halogens is 2. The first kappa shape index (κ1) is 23.3. The highest BCUT2D eigenvalue weighted by molar-refractivity contribution is 7.94. The predicted octanol–water partition coefficient (Wildman–Crippen LogP) is 4.44. The van der Waals surface area contributed by atoms with Crippen molar-refractivity contribution >= 4 is 49.5 Å². The van der Waals surface area contributed by atoms with E-state index in [0.29, 0.717) is 26.6 Å². The molecule has 33 heavy (non-hydrogen) atoms. The molecular formula is C23H18ClFN2O4S2. The highest BCUT2D eigenvalue weighted by atomic mass is 35.5. The smallest absolute Gasteiger partial charge is 0.266 e. The zero-order chi connectivity index (χ0) is 23.9. The van der Waals surface area contributed by atoms with Gasteiger partial charge in [0.05, 0.1) is 20.9 Å². The maximum atomic E-state index is 15.0. The highest BCUT2D eigenvalue weighted by Crippen LogP contribution is 2.26. The molecule has 10 heteroatoms. The van der Waals surface area contributed by atoms with Crippen LogP contribution in [0.25, 0.3) is 16.6 Å². The van der Waals surface area contributed by atoms with Crippen molar-refractivity contribution in [3.8, 4) is 5.69 Å². The van der Waals surface area contributed by atoms with Crippen molar-refractivity contribution in [2.45, 2.75) is 24.5 Å². The normalized spacial score (nSPS) is 11.8. The van der Waals surface area contributed by atoms with Crippen LogP contribution in [0.2, 0.25) is 4.34 Å². The summed E-state index contributed by atoms with van der Waals surface area (Å²) in [7, 11) is -3.82. The molecule has 0 aliphatic carbocycles. The van der Waals surface area contributed by atoms with Crippen molar-refractivity contribution in [3.63, 3.8) is 0 Å². The number of sulfone groups is 1. The van der Waals surface area contributed by atoms with Crippen molar-refractivity contribution in [2.75, 3.05) is 5.75 Å². The van der Waals surface area contributed by atoms with Gasteiger partial charge in [-0.25, -0.2) is 17.8 Å². The van der Waals surface area contributed by atoms with Crippen LogP contribution in [0.1, 0.15) is 17.0 Å². The molecule has 0 fully saturated rings. The molecule has 6 nitrogen and oxygen atoms in total. The molecular weight excluding hydrogens is 487 g/mol. The lowest BCUT2D eigenvalue weighted by Gasteiger charge is -2.13. The first-order valence-electron chi connectivity index (χ1n) is 9.84. The van der Waals surface area contributed by atoms with E-state index in [-0.39, 0.29) is 16.3 Å². The van der Waals surface area contributed by atoms with Gasteiger partial charge in [0.25, 0.3) is 5.56 Å². The summed E-state index contributed by atoms with van der Waals surface area (Å²) in [6, 6.07) is 12.1. The second-order valence-electron chi connectivity index (χ2n) is 7.64. The monoisotopic (exact) mass is 504 g/mol. The van der Waals surface area contributed by atoms with E-state index in [2.05, 4.69) is 4.98 Å². The van der Waals surface area contributed by atoms with Gasteiger partial charge in [0.1, 0.15) is 21.6 Å². The van der Waals surface area contributed by atoms with Crippen LogP contribution in [0.4, 0.5) is 4.39 Å². The number of rotatable bonds is 6. The fourth-order valence-electron chi connectivity index (χ4n) is 3.56. The fourth-order valence-corrected chi connectivity index (χ4v) is 6.37. The molecule has 2 aromatic heterocycles. The number of aromatic nitrogens is 2. The van der Waals surface area contributed by atoms with Crippen molar-refractivity contribution in [3.05, 3.63) is 86.0 Å². The SMILES string of the molecule is Cc1ccc2nc(C)n(-c3ccc(CC(=O)CS(=O)(=O)c4ccc(Cl)s4)cc3F)c(=O)c2c1. The van der Waals surface area contributed by atoms with Gasteiger partial charge in [-0.3, -0.25) is 14.2 Å². The first-order chi connectivity index (χ1) is 15.5. The zero-order valence-electron chi connectivity index (χ0n) is 17.6. The molecule has 0 aliphatic rings. The Bertz CT molecular complexity index is 1580. The van der Waals surface area contributed by atoms with E-state index in [4.69, 9.17) is 11.6 Å². The maximum Gasteiger partial charge on any atom is 0.266 e. The van der Waals surface area contributed by atoms with Crippen LogP contribution in [0.3, 0.4) is 0 Å². The first-order valence-corrected chi connectivity index (χ1v) is 12.7. The lowest BCUT2D eigenvalue weighted by atomic mass is 10.1. The van der Waals surface area contributed by atoms with E-state index in [1.54, 1.807) is 19.1 Å².